The molecule has 4 heteroatoms. The highest BCUT2D eigenvalue weighted by molar-refractivity contribution is 5.76. The highest BCUT2D eigenvalue weighted by Crippen LogP contribution is 2.28. The normalized spacial score (nSPS) is 23.4. The zero-order valence-electron chi connectivity index (χ0n) is 11.0. The molecular weight excluding hydrogens is 226 g/mol. The van der Waals surface area contributed by atoms with Crippen molar-refractivity contribution in [3.63, 3.8) is 0 Å². The Labute approximate surface area is 109 Å². The molecule has 4 nitrogen and oxygen atoms in total. The van der Waals surface area contributed by atoms with Gasteiger partial charge in [0.15, 0.2) is 0 Å². The average molecular weight is 249 g/mol. The summed E-state index contributed by atoms with van der Waals surface area (Å²) < 4.78 is 0. The largest absolute Gasteiger partial charge is 0.339 e. The molecule has 1 amide bonds. The molecule has 100 valence electrons. The van der Waals surface area contributed by atoms with Gasteiger partial charge in [0.1, 0.15) is 0 Å². The maximum Gasteiger partial charge on any atom is 0.222 e. The molecule has 1 aliphatic carbocycles. The SMILES string of the molecule is N#CCCN(C(=O)CCC1CCCNC1)C1CC1. The van der Waals surface area contributed by atoms with Crippen LogP contribution in [-0.2, 0) is 4.79 Å². The predicted octanol–water partition coefficient (Wildman–Crippen LogP) is 1.67. The van der Waals surface area contributed by atoms with Crippen LogP contribution in [0.15, 0.2) is 0 Å². The molecule has 1 saturated heterocycles. The fourth-order valence-electron chi connectivity index (χ4n) is 2.71. The number of hydrogen-bond acceptors (Lipinski definition) is 3. The van der Waals surface area contributed by atoms with Crippen molar-refractivity contribution >= 4 is 5.91 Å². The highest BCUT2D eigenvalue weighted by atomic mass is 16.2. The van der Waals surface area contributed by atoms with E-state index in [4.69, 9.17) is 5.26 Å². The predicted molar refractivity (Wildman–Crippen MR) is 69.8 cm³/mol. The third-order valence-electron chi connectivity index (χ3n) is 3.94. The topological polar surface area (TPSA) is 56.1 Å². The van der Waals surface area contributed by atoms with Crippen molar-refractivity contribution in [1.82, 2.24) is 10.2 Å². The molecule has 0 aromatic rings. The third kappa shape index (κ3) is 3.99. The summed E-state index contributed by atoms with van der Waals surface area (Å²) in [6.07, 6.45) is 6.87. The molecule has 18 heavy (non-hydrogen) atoms. The molecule has 0 aromatic heterocycles. The van der Waals surface area contributed by atoms with Crippen LogP contribution in [0, 0.1) is 17.2 Å². The van der Waals surface area contributed by atoms with Crippen molar-refractivity contribution in [2.75, 3.05) is 19.6 Å². The summed E-state index contributed by atoms with van der Waals surface area (Å²) in [5.41, 5.74) is 0. The maximum absolute atomic E-state index is 12.2. The van der Waals surface area contributed by atoms with Crippen LogP contribution in [0.25, 0.3) is 0 Å². The highest BCUT2D eigenvalue weighted by Gasteiger charge is 2.32. The van der Waals surface area contributed by atoms with E-state index in [1.54, 1.807) is 0 Å². The molecular formula is C14H23N3O. The van der Waals surface area contributed by atoms with Crippen molar-refractivity contribution in [3.8, 4) is 6.07 Å². The second-order valence-corrected chi connectivity index (χ2v) is 5.48. The number of hydrogen-bond donors (Lipinski definition) is 1. The summed E-state index contributed by atoms with van der Waals surface area (Å²) in [5, 5.41) is 12.0. The molecule has 0 spiro atoms. The quantitative estimate of drug-likeness (QED) is 0.779. The Balaban J connectivity index is 1.72. The van der Waals surface area contributed by atoms with E-state index in [1.807, 2.05) is 4.90 Å². The Kier molecular flexibility index (Phi) is 5.00. The van der Waals surface area contributed by atoms with Gasteiger partial charge in [0.05, 0.1) is 12.5 Å². The van der Waals surface area contributed by atoms with E-state index >= 15 is 0 Å². The van der Waals surface area contributed by atoms with Crippen LogP contribution in [0.4, 0.5) is 0 Å². The van der Waals surface area contributed by atoms with Crippen molar-refractivity contribution in [2.45, 2.75) is 51.0 Å². The fraction of sp³-hybridized carbons (Fsp3) is 0.857. The van der Waals surface area contributed by atoms with E-state index in [0.29, 0.717) is 31.3 Å². The van der Waals surface area contributed by atoms with Gasteiger partial charge < -0.3 is 10.2 Å². The van der Waals surface area contributed by atoms with Crippen LogP contribution in [-0.4, -0.2) is 36.5 Å². The van der Waals surface area contributed by atoms with E-state index in [1.165, 1.54) is 12.8 Å². The van der Waals surface area contributed by atoms with Gasteiger partial charge in [-0.15, -0.1) is 0 Å². The first kappa shape index (κ1) is 13.4. The first-order valence-corrected chi connectivity index (χ1v) is 7.18. The molecule has 0 radical (unpaired) electrons. The van der Waals surface area contributed by atoms with Gasteiger partial charge in [0.2, 0.25) is 5.91 Å². The molecule has 1 saturated carbocycles. The van der Waals surface area contributed by atoms with Crippen LogP contribution >= 0.6 is 0 Å². The molecule has 0 bridgehead atoms. The molecule has 1 aliphatic heterocycles. The van der Waals surface area contributed by atoms with Gasteiger partial charge in [0.25, 0.3) is 0 Å². The Morgan fingerprint density at radius 2 is 2.22 bits per heavy atom. The number of carbonyl (C=O) groups excluding carboxylic acids is 1. The average Bonchev–Trinajstić information content (AvgIpc) is 3.22. The number of nitrogens with one attached hydrogen (secondary N) is 1. The smallest absolute Gasteiger partial charge is 0.222 e. The van der Waals surface area contributed by atoms with E-state index in [2.05, 4.69) is 11.4 Å². The van der Waals surface area contributed by atoms with Crippen molar-refractivity contribution < 1.29 is 4.79 Å². The van der Waals surface area contributed by atoms with Gasteiger partial charge in [0, 0.05) is 19.0 Å². The third-order valence-corrected chi connectivity index (χ3v) is 3.94. The van der Waals surface area contributed by atoms with Gasteiger partial charge in [-0.25, -0.2) is 0 Å². The van der Waals surface area contributed by atoms with Crippen molar-refractivity contribution in [1.29, 1.82) is 5.26 Å². The molecule has 1 heterocycles. The van der Waals surface area contributed by atoms with Crippen molar-refractivity contribution in [2.24, 2.45) is 5.92 Å². The lowest BCUT2D eigenvalue weighted by molar-refractivity contribution is -0.132. The van der Waals surface area contributed by atoms with Crippen LogP contribution in [0.5, 0.6) is 0 Å². The molecule has 2 rings (SSSR count). The minimum Gasteiger partial charge on any atom is -0.339 e. The lowest BCUT2D eigenvalue weighted by Crippen LogP contribution is -2.35. The van der Waals surface area contributed by atoms with Crippen LogP contribution < -0.4 is 5.32 Å². The van der Waals surface area contributed by atoms with E-state index < -0.39 is 0 Å². The molecule has 2 aliphatic rings. The summed E-state index contributed by atoms with van der Waals surface area (Å²) in [7, 11) is 0. The standard InChI is InChI=1S/C14H23N3O/c15-8-2-10-17(13-5-6-13)14(18)7-4-12-3-1-9-16-11-12/h12-13,16H,1-7,9-11H2. The number of piperidine rings is 1. The molecule has 2 fully saturated rings. The number of nitriles is 1. The summed E-state index contributed by atoms with van der Waals surface area (Å²) >= 11 is 0. The second-order valence-electron chi connectivity index (χ2n) is 5.48. The molecule has 1 unspecified atom stereocenters. The van der Waals surface area contributed by atoms with E-state index in [9.17, 15) is 4.79 Å². The maximum atomic E-state index is 12.2. The fourth-order valence-corrected chi connectivity index (χ4v) is 2.71. The van der Waals surface area contributed by atoms with Crippen LogP contribution in [0.2, 0.25) is 0 Å². The molecule has 1 N–H and O–H groups in total. The zero-order valence-corrected chi connectivity index (χ0v) is 11.0. The summed E-state index contributed by atoms with van der Waals surface area (Å²) in [6.45, 7) is 2.82. The van der Waals surface area contributed by atoms with Gasteiger partial charge in [-0.2, -0.15) is 5.26 Å². The zero-order chi connectivity index (χ0) is 12.8. The molecule has 1 atom stereocenters. The van der Waals surface area contributed by atoms with Gasteiger partial charge >= 0.3 is 0 Å². The van der Waals surface area contributed by atoms with E-state index in [0.717, 1.165) is 32.4 Å². The van der Waals surface area contributed by atoms with Gasteiger partial charge in [-0.05, 0) is 51.1 Å². The Morgan fingerprint density at radius 1 is 1.39 bits per heavy atom. The van der Waals surface area contributed by atoms with Gasteiger partial charge in [-0.1, -0.05) is 0 Å². The summed E-state index contributed by atoms with van der Waals surface area (Å²) in [5.74, 6) is 0.929. The minimum absolute atomic E-state index is 0.262. The lowest BCUT2D eigenvalue weighted by Gasteiger charge is -2.25. The summed E-state index contributed by atoms with van der Waals surface area (Å²) in [4.78, 5) is 14.1. The van der Waals surface area contributed by atoms with Crippen molar-refractivity contribution in [3.05, 3.63) is 0 Å². The second kappa shape index (κ2) is 6.75. The first-order valence-electron chi connectivity index (χ1n) is 7.18. The van der Waals surface area contributed by atoms with E-state index in [-0.39, 0.29) is 5.91 Å². The minimum atomic E-state index is 0.262. The Bertz CT molecular complexity index is 313. The number of amides is 1. The number of rotatable bonds is 6. The molecule has 0 aromatic carbocycles. The lowest BCUT2D eigenvalue weighted by atomic mass is 9.94. The number of nitrogens with zero attached hydrogens (tertiary/aromatic N) is 2. The Morgan fingerprint density at radius 3 is 2.83 bits per heavy atom. The van der Waals surface area contributed by atoms with Gasteiger partial charge in [-0.3, -0.25) is 4.79 Å². The Hall–Kier alpha value is -1.08. The van der Waals surface area contributed by atoms with Crippen LogP contribution in [0.3, 0.4) is 0 Å². The number of carbonyl (C=O) groups is 1. The monoisotopic (exact) mass is 249 g/mol. The first-order chi connectivity index (χ1) is 8.81. The summed E-state index contributed by atoms with van der Waals surface area (Å²) in [6, 6.07) is 2.58. The van der Waals surface area contributed by atoms with Crippen LogP contribution in [0.1, 0.15) is 44.9 Å².